The molecule has 3 rings (SSSR count). The van der Waals surface area contributed by atoms with Gasteiger partial charge in [0.05, 0.1) is 18.8 Å². The summed E-state index contributed by atoms with van der Waals surface area (Å²) in [6, 6.07) is 20.6. The summed E-state index contributed by atoms with van der Waals surface area (Å²) >= 11 is 0. The molecule has 4 heteroatoms. The molecule has 2 aromatic carbocycles. The van der Waals surface area contributed by atoms with Gasteiger partial charge in [-0.2, -0.15) is 13.8 Å². The van der Waals surface area contributed by atoms with Gasteiger partial charge in [0.1, 0.15) is 0 Å². The molecule has 28 heavy (non-hydrogen) atoms. The maximum absolute atomic E-state index is 9.67. The summed E-state index contributed by atoms with van der Waals surface area (Å²) in [6.45, 7) is 9.22. The molecule has 1 fully saturated rings. The third kappa shape index (κ3) is 16.4. The molecule has 1 aliphatic rings. The van der Waals surface area contributed by atoms with Crippen LogP contribution in [-0.4, -0.2) is 47.0 Å². The smallest absolute Gasteiger partial charge is 1.00 e. The molecule has 0 amide bonds. The number of ether oxygens (including phenoxy) is 1. The molecule has 2 nitrogen and oxygen atoms in total. The van der Waals surface area contributed by atoms with Gasteiger partial charge in [-0.25, -0.2) is 0 Å². The topological polar surface area (TPSA) is 32.8 Å². The molecule has 1 saturated heterocycles. The van der Waals surface area contributed by atoms with Gasteiger partial charge in [0.2, 0.25) is 0 Å². The Morgan fingerprint density at radius 3 is 1.79 bits per heavy atom. The molecule has 1 N–H and O–H groups in total. The Hall–Kier alpha value is -0.584. The summed E-state index contributed by atoms with van der Waals surface area (Å²) in [4.78, 5) is 0. The summed E-state index contributed by atoms with van der Waals surface area (Å²) in [5.74, 6) is 0.568. The summed E-state index contributed by atoms with van der Waals surface area (Å²) in [5, 5.41) is 9.67. The molecule has 2 atom stereocenters. The maximum atomic E-state index is 9.67. The van der Waals surface area contributed by atoms with Crippen LogP contribution in [0.25, 0.3) is 0 Å². The molecule has 0 saturated carbocycles. The molecule has 0 bridgehead atoms. The van der Waals surface area contributed by atoms with Gasteiger partial charge in [0.25, 0.3) is 0 Å². The number of hydrogen-bond acceptors (Lipinski definition) is 2. The summed E-state index contributed by atoms with van der Waals surface area (Å²) in [5.41, 5.74) is 2.60. The Balaban J connectivity index is 0. The van der Waals surface area contributed by atoms with Crippen molar-refractivity contribution in [2.45, 2.75) is 59.2 Å². The fraction of sp³-hybridized carbons (Fsp3) is 0.458. The Morgan fingerprint density at radius 2 is 1.39 bits per heavy atom. The van der Waals surface area contributed by atoms with E-state index < -0.39 is 0 Å². The van der Waals surface area contributed by atoms with Crippen molar-refractivity contribution in [3.05, 3.63) is 78.2 Å². The van der Waals surface area contributed by atoms with Crippen LogP contribution in [0.2, 0.25) is 0 Å². The van der Waals surface area contributed by atoms with Crippen molar-refractivity contribution in [1.29, 1.82) is 0 Å². The van der Waals surface area contributed by atoms with E-state index in [1.807, 2.05) is 44.5 Å². The van der Waals surface area contributed by atoms with Crippen molar-refractivity contribution >= 4 is 23.1 Å². The average Bonchev–Trinajstić information content (AvgIpc) is 3.41. The fourth-order valence-corrected chi connectivity index (χ4v) is 2.58. The van der Waals surface area contributed by atoms with Crippen LogP contribution in [0.5, 0.6) is 0 Å². The van der Waals surface area contributed by atoms with Crippen LogP contribution in [0, 0.1) is 12.3 Å². The Kier molecular flexibility index (Phi) is 19.5. The number of halogens is 1. The monoisotopic (exact) mass is 414 g/mol. The largest absolute Gasteiger partial charge is 2.00 e. The second-order valence-corrected chi connectivity index (χ2v) is 7.20. The molecular formula is C24H35ClMgO2. The predicted octanol–water partition coefficient (Wildman–Crippen LogP) is 2.12. The Morgan fingerprint density at radius 1 is 0.964 bits per heavy atom. The van der Waals surface area contributed by atoms with Crippen molar-refractivity contribution in [2.24, 2.45) is 5.92 Å². The molecule has 152 valence electrons. The first-order valence-electron chi connectivity index (χ1n) is 9.66. The molecule has 0 aromatic heterocycles. The number of rotatable bonds is 6. The van der Waals surface area contributed by atoms with Crippen LogP contribution in [0.4, 0.5) is 0 Å². The van der Waals surface area contributed by atoms with E-state index in [2.05, 4.69) is 50.2 Å². The van der Waals surface area contributed by atoms with Gasteiger partial charge >= 0.3 is 23.1 Å². The number of epoxide rings is 1. The number of benzene rings is 2. The zero-order valence-electron chi connectivity index (χ0n) is 17.9. The Labute approximate surface area is 194 Å². The zero-order chi connectivity index (χ0) is 19.2. The van der Waals surface area contributed by atoms with Crippen molar-refractivity contribution in [2.75, 3.05) is 6.61 Å². The van der Waals surface area contributed by atoms with Gasteiger partial charge in [-0.15, -0.1) is 0 Å². The van der Waals surface area contributed by atoms with E-state index >= 15 is 0 Å². The SMILES string of the molecule is CC(C)C[C@H](O)Cc1ccccc1.C[CH-]C.[Cl-].[Mg+2].c1ccc(C[C@@H]2CO2)cc1. The first kappa shape index (κ1) is 29.6. The summed E-state index contributed by atoms with van der Waals surface area (Å²) in [6.07, 6.45) is 5.07. The van der Waals surface area contributed by atoms with E-state index in [1.165, 1.54) is 11.1 Å². The standard InChI is InChI=1S/C12H18O.C9H10O.C3H7.ClH.Mg/c1-10(2)8-12(13)9-11-6-4-3-5-7-11;1-2-4-8(5-3-1)6-9-7-10-9;1-3-2;;/h3-7,10,12-13H,8-9H2,1-2H3;1-5,9H,6-7H2;3H,1-2H3;1H;/q;;-1;;+2/p-1/t12-;9-;;;/m01.../s1. The number of aliphatic hydroxyl groups excluding tert-OH is 1. The van der Waals surface area contributed by atoms with Crippen LogP contribution >= 0.6 is 0 Å². The van der Waals surface area contributed by atoms with Crippen LogP contribution in [0.15, 0.2) is 60.7 Å². The average molecular weight is 415 g/mol. The van der Waals surface area contributed by atoms with E-state index in [-0.39, 0.29) is 41.6 Å². The van der Waals surface area contributed by atoms with Gasteiger partial charge in [0, 0.05) is 6.42 Å². The quantitative estimate of drug-likeness (QED) is 0.446. The predicted molar refractivity (Wildman–Crippen MR) is 117 cm³/mol. The molecule has 0 spiro atoms. The van der Waals surface area contributed by atoms with Crippen molar-refractivity contribution < 1.29 is 22.3 Å². The number of hydrogen-bond donors (Lipinski definition) is 1. The minimum atomic E-state index is -0.192. The van der Waals surface area contributed by atoms with E-state index in [9.17, 15) is 5.11 Å². The Bertz CT molecular complexity index is 559. The second kappa shape index (κ2) is 18.4. The molecule has 0 radical (unpaired) electrons. The van der Waals surface area contributed by atoms with Gasteiger partial charge in [-0.3, -0.25) is 0 Å². The molecular weight excluding hydrogens is 380 g/mol. The van der Waals surface area contributed by atoms with Gasteiger partial charge in [-0.05, 0) is 29.9 Å². The molecule has 0 aliphatic carbocycles. The van der Waals surface area contributed by atoms with E-state index in [0.717, 1.165) is 25.9 Å². The van der Waals surface area contributed by atoms with E-state index in [1.54, 1.807) is 0 Å². The number of aliphatic hydroxyl groups is 1. The van der Waals surface area contributed by atoms with Crippen LogP contribution in [0.3, 0.4) is 0 Å². The van der Waals surface area contributed by atoms with Gasteiger partial charge < -0.3 is 28.7 Å². The first-order chi connectivity index (χ1) is 12.5. The first-order valence-corrected chi connectivity index (χ1v) is 9.66. The summed E-state index contributed by atoms with van der Waals surface area (Å²) < 4.78 is 5.11. The van der Waals surface area contributed by atoms with Crippen LogP contribution in [-0.2, 0) is 17.6 Å². The van der Waals surface area contributed by atoms with Gasteiger partial charge in [0.15, 0.2) is 0 Å². The van der Waals surface area contributed by atoms with Gasteiger partial charge in [-0.1, -0.05) is 74.5 Å². The fourth-order valence-electron chi connectivity index (χ4n) is 2.58. The molecule has 2 aromatic rings. The molecule has 1 heterocycles. The van der Waals surface area contributed by atoms with E-state index in [4.69, 9.17) is 4.74 Å². The van der Waals surface area contributed by atoms with Crippen LogP contribution in [0.1, 0.15) is 45.2 Å². The molecule has 0 unspecified atom stereocenters. The van der Waals surface area contributed by atoms with Crippen molar-refractivity contribution in [3.63, 3.8) is 0 Å². The zero-order valence-corrected chi connectivity index (χ0v) is 20.0. The van der Waals surface area contributed by atoms with Crippen LogP contribution < -0.4 is 12.4 Å². The molecule has 1 aliphatic heterocycles. The third-order valence-corrected chi connectivity index (χ3v) is 3.77. The second-order valence-electron chi connectivity index (χ2n) is 7.20. The minimum Gasteiger partial charge on any atom is -1.00 e. The van der Waals surface area contributed by atoms with Crippen molar-refractivity contribution in [3.8, 4) is 0 Å². The third-order valence-electron chi connectivity index (χ3n) is 3.77. The minimum absolute atomic E-state index is 0. The van der Waals surface area contributed by atoms with E-state index in [0.29, 0.717) is 12.0 Å². The van der Waals surface area contributed by atoms with Crippen molar-refractivity contribution in [1.82, 2.24) is 0 Å². The normalized spacial score (nSPS) is 14.9. The maximum Gasteiger partial charge on any atom is 2.00 e. The summed E-state index contributed by atoms with van der Waals surface area (Å²) in [7, 11) is 0.